The summed E-state index contributed by atoms with van der Waals surface area (Å²) in [5.74, 6) is 0. The molecule has 0 aromatic carbocycles. The van der Waals surface area contributed by atoms with E-state index in [2.05, 4.69) is 5.32 Å². The van der Waals surface area contributed by atoms with E-state index in [0.29, 0.717) is 0 Å². The van der Waals surface area contributed by atoms with Gasteiger partial charge in [-0.15, -0.1) is 0 Å². The molecule has 3 heteroatoms. The third kappa shape index (κ3) is 1.64. The van der Waals surface area contributed by atoms with Crippen molar-refractivity contribution in [3.63, 3.8) is 0 Å². The molecule has 54 valence electrons. The van der Waals surface area contributed by atoms with E-state index in [1.54, 1.807) is 0 Å². The molecule has 1 rings (SSSR count). The van der Waals surface area contributed by atoms with Gasteiger partial charge in [-0.1, -0.05) is 6.92 Å². The normalized spacial score (nSPS) is 36.7. The average molecular weight is 131 g/mol. The summed E-state index contributed by atoms with van der Waals surface area (Å²) in [5.41, 5.74) is 0. The van der Waals surface area contributed by atoms with Gasteiger partial charge in [0.05, 0.1) is 12.7 Å². The molecule has 0 radical (unpaired) electrons. The van der Waals surface area contributed by atoms with Crippen molar-refractivity contribution >= 4 is 0 Å². The average Bonchev–Trinajstić information content (AvgIpc) is 1.89. The summed E-state index contributed by atoms with van der Waals surface area (Å²) in [4.78, 5) is 0. The first-order valence-electron chi connectivity index (χ1n) is 3.37. The Bertz CT molecular complexity index is 87.1. The molecule has 1 aliphatic heterocycles. The van der Waals surface area contributed by atoms with E-state index in [9.17, 15) is 0 Å². The monoisotopic (exact) mass is 131 g/mol. The number of aliphatic hydroxyl groups is 1. The lowest BCUT2D eigenvalue weighted by atomic mass is 10.2. The van der Waals surface area contributed by atoms with Gasteiger partial charge in [0.1, 0.15) is 6.23 Å². The van der Waals surface area contributed by atoms with E-state index in [0.717, 1.165) is 19.6 Å². The molecule has 2 unspecified atom stereocenters. The maximum atomic E-state index is 9.13. The molecule has 0 amide bonds. The highest BCUT2D eigenvalue weighted by Gasteiger charge is 2.20. The molecule has 1 heterocycles. The quantitative estimate of drug-likeness (QED) is 0.513. The minimum atomic E-state index is -0.455. The molecule has 0 bridgehead atoms. The lowest BCUT2D eigenvalue weighted by Gasteiger charge is -2.27. The van der Waals surface area contributed by atoms with Gasteiger partial charge >= 0.3 is 0 Å². The predicted molar refractivity (Wildman–Crippen MR) is 34.0 cm³/mol. The lowest BCUT2D eigenvalue weighted by molar-refractivity contribution is -0.0835. The number of aliphatic hydroxyl groups excluding tert-OH is 1. The molecule has 0 spiro atoms. The summed E-state index contributed by atoms with van der Waals surface area (Å²) in [7, 11) is 0. The molecular formula is C6H13NO2. The summed E-state index contributed by atoms with van der Waals surface area (Å²) in [6.07, 6.45) is 0.413. The number of hydrogen-bond donors (Lipinski definition) is 2. The highest BCUT2D eigenvalue weighted by molar-refractivity contribution is 4.69. The van der Waals surface area contributed by atoms with Gasteiger partial charge < -0.3 is 9.84 Å². The zero-order valence-electron chi connectivity index (χ0n) is 5.63. The van der Waals surface area contributed by atoms with Crippen molar-refractivity contribution in [1.29, 1.82) is 0 Å². The molecule has 9 heavy (non-hydrogen) atoms. The molecule has 2 N–H and O–H groups in total. The number of morpholine rings is 1. The molecule has 0 aromatic heterocycles. The molecule has 3 nitrogen and oxygen atoms in total. The van der Waals surface area contributed by atoms with Crippen LogP contribution in [0.1, 0.15) is 13.3 Å². The van der Waals surface area contributed by atoms with E-state index in [-0.39, 0.29) is 6.10 Å². The summed E-state index contributed by atoms with van der Waals surface area (Å²) in [6.45, 7) is 3.48. The van der Waals surface area contributed by atoms with Gasteiger partial charge in [-0.05, 0) is 6.42 Å². The van der Waals surface area contributed by atoms with Crippen LogP contribution in [0.4, 0.5) is 0 Å². The van der Waals surface area contributed by atoms with E-state index in [1.807, 2.05) is 6.92 Å². The van der Waals surface area contributed by atoms with Crippen molar-refractivity contribution in [2.24, 2.45) is 0 Å². The summed E-state index contributed by atoms with van der Waals surface area (Å²) in [5, 5.41) is 12.0. The first-order chi connectivity index (χ1) is 4.34. The number of hydrogen-bond acceptors (Lipinski definition) is 3. The largest absolute Gasteiger partial charge is 0.376 e. The molecule has 2 atom stereocenters. The number of rotatable bonds is 1. The van der Waals surface area contributed by atoms with Crippen molar-refractivity contribution in [3.8, 4) is 0 Å². The van der Waals surface area contributed by atoms with Crippen LogP contribution in [0, 0.1) is 0 Å². The molecular weight excluding hydrogens is 118 g/mol. The van der Waals surface area contributed by atoms with Gasteiger partial charge in [-0.25, -0.2) is 0 Å². The minimum Gasteiger partial charge on any atom is -0.376 e. The smallest absolute Gasteiger partial charge is 0.131 e. The van der Waals surface area contributed by atoms with Gasteiger partial charge in [0.2, 0.25) is 0 Å². The predicted octanol–water partition coefficient (Wildman–Crippen LogP) is -0.297. The molecule has 1 aliphatic rings. The fraction of sp³-hybridized carbons (Fsp3) is 1.00. The van der Waals surface area contributed by atoms with Gasteiger partial charge in [-0.2, -0.15) is 0 Å². The second kappa shape index (κ2) is 3.15. The second-order valence-electron chi connectivity index (χ2n) is 2.22. The van der Waals surface area contributed by atoms with Crippen LogP contribution >= 0.6 is 0 Å². The maximum Gasteiger partial charge on any atom is 0.131 e. The van der Waals surface area contributed by atoms with Crippen LogP contribution < -0.4 is 5.32 Å². The Balaban J connectivity index is 2.30. The topological polar surface area (TPSA) is 41.5 Å². The SMILES string of the molecule is CCC1OCCNC1O. The van der Waals surface area contributed by atoms with E-state index < -0.39 is 6.23 Å². The Kier molecular flexibility index (Phi) is 2.45. The third-order valence-electron chi connectivity index (χ3n) is 1.54. The van der Waals surface area contributed by atoms with Crippen molar-refractivity contribution in [2.45, 2.75) is 25.7 Å². The Morgan fingerprint density at radius 2 is 2.56 bits per heavy atom. The van der Waals surface area contributed by atoms with Gasteiger partial charge in [0, 0.05) is 6.54 Å². The van der Waals surface area contributed by atoms with Crippen molar-refractivity contribution in [1.82, 2.24) is 5.32 Å². The van der Waals surface area contributed by atoms with Gasteiger partial charge in [0.25, 0.3) is 0 Å². The van der Waals surface area contributed by atoms with Crippen LogP contribution in [0.25, 0.3) is 0 Å². The van der Waals surface area contributed by atoms with Crippen molar-refractivity contribution in [2.75, 3.05) is 13.2 Å². The Hall–Kier alpha value is -0.120. The van der Waals surface area contributed by atoms with Crippen LogP contribution in [0.15, 0.2) is 0 Å². The van der Waals surface area contributed by atoms with Crippen LogP contribution in [-0.2, 0) is 4.74 Å². The fourth-order valence-electron chi connectivity index (χ4n) is 0.981. The Morgan fingerprint density at radius 3 is 3.00 bits per heavy atom. The second-order valence-corrected chi connectivity index (χ2v) is 2.22. The van der Waals surface area contributed by atoms with Crippen LogP contribution in [-0.4, -0.2) is 30.6 Å². The molecule has 1 fully saturated rings. The highest BCUT2D eigenvalue weighted by Crippen LogP contribution is 2.04. The van der Waals surface area contributed by atoms with Crippen LogP contribution in [0.2, 0.25) is 0 Å². The summed E-state index contributed by atoms with van der Waals surface area (Å²) < 4.78 is 5.23. The van der Waals surface area contributed by atoms with Gasteiger partial charge in [0.15, 0.2) is 0 Å². The standard InChI is InChI=1S/C6H13NO2/c1-2-5-6(8)7-3-4-9-5/h5-8H,2-4H2,1H3. The Morgan fingerprint density at radius 1 is 1.78 bits per heavy atom. The third-order valence-corrected chi connectivity index (χ3v) is 1.54. The highest BCUT2D eigenvalue weighted by atomic mass is 16.5. The first kappa shape index (κ1) is 6.99. The van der Waals surface area contributed by atoms with Gasteiger partial charge in [-0.3, -0.25) is 5.32 Å². The fourth-order valence-corrected chi connectivity index (χ4v) is 0.981. The number of nitrogens with one attached hydrogen (secondary N) is 1. The summed E-state index contributed by atoms with van der Waals surface area (Å²) in [6, 6.07) is 0. The van der Waals surface area contributed by atoms with E-state index in [1.165, 1.54) is 0 Å². The first-order valence-corrected chi connectivity index (χ1v) is 3.37. The minimum absolute atomic E-state index is 0.00116. The van der Waals surface area contributed by atoms with Crippen molar-refractivity contribution in [3.05, 3.63) is 0 Å². The lowest BCUT2D eigenvalue weighted by Crippen LogP contribution is -2.47. The van der Waals surface area contributed by atoms with Crippen LogP contribution in [0.5, 0.6) is 0 Å². The molecule has 0 aromatic rings. The molecule has 1 saturated heterocycles. The Labute approximate surface area is 55.0 Å². The summed E-state index contributed by atoms with van der Waals surface area (Å²) >= 11 is 0. The van der Waals surface area contributed by atoms with Crippen LogP contribution in [0.3, 0.4) is 0 Å². The number of ether oxygens (including phenoxy) is 1. The maximum absolute atomic E-state index is 9.13. The van der Waals surface area contributed by atoms with E-state index >= 15 is 0 Å². The zero-order chi connectivity index (χ0) is 6.69. The zero-order valence-corrected chi connectivity index (χ0v) is 5.63. The van der Waals surface area contributed by atoms with Crippen molar-refractivity contribution < 1.29 is 9.84 Å². The molecule has 0 aliphatic carbocycles. The van der Waals surface area contributed by atoms with E-state index in [4.69, 9.17) is 9.84 Å². The molecule has 0 saturated carbocycles.